The van der Waals surface area contributed by atoms with E-state index in [0.717, 1.165) is 17.7 Å². The van der Waals surface area contributed by atoms with Crippen molar-refractivity contribution in [3.8, 4) is 5.75 Å². The Morgan fingerprint density at radius 3 is 2.00 bits per heavy atom. The van der Waals surface area contributed by atoms with Crippen molar-refractivity contribution in [2.45, 2.75) is 32.9 Å². The first-order valence-corrected chi connectivity index (χ1v) is 11.2. The number of aromatic hydroxyl groups is 1. The van der Waals surface area contributed by atoms with Gasteiger partial charge in [0.15, 0.2) is 0 Å². The van der Waals surface area contributed by atoms with Gasteiger partial charge in [0.1, 0.15) is 10.6 Å². The average Bonchev–Trinajstić information content (AvgIpc) is 2.68. The van der Waals surface area contributed by atoms with E-state index in [2.05, 4.69) is 0 Å². The first-order chi connectivity index (χ1) is 12.8. The monoisotopic (exact) mass is 402 g/mol. The number of rotatable bonds is 5. The van der Waals surface area contributed by atoms with E-state index in [9.17, 15) is 21.9 Å². The summed E-state index contributed by atoms with van der Waals surface area (Å²) in [4.78, 5) is -0.581. The van der Waals surface area contributed by atoms with Crippen molar-refractivity contribution in [2.24, 2.45) is 0 Å². The van der Waals surface area contributed by atoms with Gasteiger partial charge in [-0.3, -0.25) is 0 Å². The Balaban J connectivity index is 2.16. The first-order valence-electron chi connectivity index (χ1n) is 8.24. The zero-order chi connectivity index (χ0) is 19.7. The van der Waals surface area contributed by atoms with Crippen molar-refractivity contribution in [3.05, 3.63) is 78.4 Å². The topological polar surface area (TPSA) is 88.5 Å². The summed E-state index contributed by atoms with van der Waals surface area (Å²) < 4.78 is 51.5. The number of benzene rings is 3. The summed E-state index contributed by atoms with van der Waals surface area (Å²) in [5.41, 5.74) is 0.823. The van der Waals surface area contributed by atoms with E-state index in [4.69, 9.17) is 0 Å². The van der Waals surface area contributed by atoms with Gasteiger partial charge in [-0.2, -0.15) is 0 Å². The fourth-order valence-corrected chi connectivity index (χ4v) is 5.50. The van der Waals surface area contributed by atoms with Crippen molar-refractivity contribution in [1.82, 2.24) is 0 Å². The molecule has 0 saturated carbocycles. The summed E-state index contributed by atoms with van der Waals surface area (Å²) in [5, 5.41) is 10.1. The SMILES string of the molecule is CCc1cccc(S(=O)(=O)c2cc(S(=O)(=O)c3ccccc3)ccc2O)c1. The number of aryl methyl sites for hydroxylation is 1. The Labute approximate surface area is 158 Å². The molecule has 0 heterocycles. The molecule has 0 aliphatic heterocycles. The lowest BCUT2D eigenvalue weighted by atomic mass is 10.2. The maximum absolute atomic E-state index is 13.0. The zero-order valence-electron chi connectivity index (χ0n) is 14.5. The molecule has 0 bridgehead atoms. The molecule has 1 N–H and O–H groups in total. The van der Waals surface area contributed by atoms with Crippen LogP contribution in [0.25, 0.3) is 0 Å². The van der Waals surface area contributed by atoms with Crippen LogP contribution in [0.4, 0.5) is 0 Å². The maximum atomic E-state index is 13.0. The highest BCUT2D eigenvalue weighted by atomic mass is 32.2. The fraction of sp³-hybridized carbons (Fsp3) is 0.100. The molecule has 0 aliphatic carbocycles. The van der Waals surface area contributed by atoms with Gasteiger partial charge in [-0.05, 0) is 54.4 Å². The van der Waals surface area contributed by atoms with Gasteiger partial charge in [-0.25, -0.2) is 16.8 Å². The highest BCUT2D eigenvalue weighted by Crippen LogP contribution is 2.33. The van der Waals surface area contributed by atoms with Crippen LogP contribution in [-0.2, 0) is 26.1 Å². The molecule has 0 spiro atoms. The zero-order valence-corrected chi connectivity index (χ0v) is 16.2. The second kappa shape index (κ2) is 7.17. The second-order valence-electron chi connectivity index (χ2n) is 5.95. The molecule has 0 fully saturated rings. The first kappa shape index (κ1) is 19.1. The van der Waals surface area contributed by atoms with E-state index < -0.39 is 30.3 Å². The van der Waals surface area contributed by atoms with Gasteiger partial charge in [0, 0.05) is 0 Å². The molecule has 0 radical (unpaired) electrons. The van der Waals surface area contributed by atoms with Gasteiger partial charge in [-0.1, -0.05) is 37.3 Å². The van der Waals surface area contributed by atoms with Gasteiger partial charge in [0.05, 0.1) is 14.7 Å². The third kappa shape index (κ3) is 3.61. The van der Waals surface area contributed by atoms with E-state index in [1.807, 2.05) is 6.92 Å². The van der Waals surface area contributed by atoms with Crippen LogP contribution >= 0.6 is 0 Å². The summed E-state index contributed by atoms with van der Waals surface area (Å²) in [6.45, 7) is 1.90. The molecule has 0 aromatic heterocycles. The normalized spacial score (nSPS) is 12.0. The summed E-state index contributed by atoms with van der Waals surface area (Å²) in [5.74, 6) is -0.496. The van der Waals surface area contributed by atoms with E-state index in [1.54, 1.807) is 30.3 Å². The van der Waals surface area contributed by atoms with E-state index in [0.29, 0.717) is 6.42 Å². The van der Waals surface area contributed by atoms with E-state index >= 15 is 0 Å². The molecular weight excluding hydrogens is 384 g/mol. The van der Waals surface area contributed by atoms with Crippen molar-refractivity contribution in [2.75, 3.05) is 0 Å². The van der Waals surface area contributed by atoms with Gasteiger partial charge >= 0.3 is 0 Å². The Hall–Kier alpha value is -2.64. The van der Waals surface area contributed by atoms with Crippen molar-refractivity contribution >= 4 is 19.7 Å². The number of phenols is 1. The third-order valence-corrected chi connectivity index (χ3v) is 7.75. The molecule has 5 nitrogen and oxygen atoms in total. The van der Waals surface area contributed by atoms with Crippen LogP contribution < -0.4 is 0 Å². The van der Waals surface area contributed by atoms with Gasteiger partial charge in [0.2, 0.25) is 19.7 Å². The number of sulfone groups is 2. The van der Waals surface area contributed by atoms with Crippen LogP contribution in [0.2, 0.25) is 0 Å². The van der Waals surface area contributed by atoms with Gasteiger partial charge in [0.25, 0.3) is 0 Å². The molecule has 7 heteroatoms. The van der Waals surface area contributed by atoms with Crippen LogP contribution in [0.5, 0.6) is 5.75 Å². The fourth-order valence-electron chi connectivity index (χ4n) is 2.67. The summed E-state index contributed by atoms with van der Waals surface area (Å²) >= 11 is 0. The number of hydrogen-bond acceptors (Lipinski definition) is 5. The quantitative estimate of drug-likeness (QED) is 0.704. The maximum Gasteiger partial charge on any atom is 0.210 e. The molecule has 3 aromatic rings. The molecule has 3 aromatic carbocycles. The third-order valence-electron chi connectivity index (χ3n) is 4.20. The van der Waals surface area contributed by atoms with Crippen molar-refractivity contribution < 1.29 is 21.9 Å². The molecule has 27 heavy (non-hydrogen) atoms. The Kier molecular flexibility index (Phi) is 5.08. The molecule has 0 unspecified atom stereocenters. The van der Waals surface area contributed by atoms with E-state index in [-0.39, 0.29) is 14.7 Å². The largest absolute Gasteiger partial charge is 0.507 e. The van der Waals surface area contributed by atoms with Crippen molar-refractivity contribution in [3.63, 3.8) is 0 Å². The van der Waals surface area contributed by atoms with E-state index in [1.165, 1.54) is 30.3 Å². The molecule has 3 rings (SSSR count). The lowest BCUT2D eigenvalue weighted by molar-refractivity contribution is 0.458. The Morgan fingerprint density at radius 2 is 1.33 bits per heavy atom. The molecular formula is C20H18O5S2. The summed E-state index contributed by atoms with van der Waals surface area (Å²) in [6.07, 6.45) is 0.651. The van der Waals surface area contributed by atoms with Crippen LogP contribution in [0.15, 0.2) is 92.4 Å². The van der Waals surface area contributed by atoms with Gasteiger partial charge < -0.3 is 5.11 Å². The van der Waals surface area contributed by atoms with Crippen LogP contribution in [-0.4, -0.2) is 21.9 Å². The minimum absolute atomic E-state index is 0.00593. The van der Waals surface area contributed by atoms with Crippen LogP contribution in [0.1, 0.15) is 12.5 Å². The second-order valence-corrected chi connectivity index (χ2v) is 9.82. The minimum Gasteiger partial charge on any atom is -0.507 e. The van der Waals surface area contributed by atoms with Crippen LogP contribution in [0, 0.1) is 0 Å². The summed E-state index contributed by atoms with van der Waals surface area (Å²) in [6, 6.07) is 17.4. The Morgan fingerprint density at radius 1 is 0.704 bits per heavy atom. The number of hydrogen-bond donors (Lipinski definition) is 1. The lowest BCUT2D eigenvalue weighted by Gasteiger charge is -2.11. The van der Waals surface area contributed by atoms with Crippen molar-refractivity contribution in [1.29, 1.82) is 0 Å². The smallest absolute Gasteiger partial charge is 0.210 e. The Bertz CT molecular complexity index is 1180. The van der Waals surface area contributed by atoms with Crippen LogP contribution in [0.3, 0.4) is 0 Å². The standard InChI is InChI=1S/C20H18O5S2/c1-2-15-7-6-10-17(13-15)27(24,25)20-14-18(11-12-19(20)21)26(22,23)16-8-4-3-5-9-16/h3-14,21H,2H2,1H3. The average molecular weight is 402 g/mol. The molecule has 0 atom stereocenters. The minimum atomic E-state index is -4.08. The molecule has 0 amide bonds. The molecule has 140 valence electrons. The molecule has 0 aliphatic rings. The summed E-state index contributed by atoms with van der Waals surface area (Å²) in [7, 11) is -7.99. The number of phenolic OH excluding ortho intramolecular Hbond substituents is 1. The molecule has 0 saturated heterocycles. The highest BCUT2D eigenvalue weighted by Gasteiger charge is 2.26. The highest BCUT2D eigenvalue weighted by molar-refractivity contribution is 7.92. The lowest BCUT2D eigenvalue weighted by Crippen LogP contribution is -2.07. The predicted molar refractivity (Wildman–Crippen MR) is 101 cm³/mol. The van der Waals surface area contributed by atoms with Gasteiger partial charge in [-0.15, -0.1) is 0 Å². The predicted octanol–water partition coefficient (Wildman–Crippen LogP) is 3.62.